The van der Waals surface area contributed by atoms with Gasteiger partial charge >= 0.3 is 0 Å². The number of nitrogens with one attached hydrogen (secondary N) is 2. The average Bonchev–Trinajstić information content (AvgIpc) is 2.78. The molecule has 0 spiro atoms. The molecule has 3 heteroatoms. The molecule has 3 nitrogen and oxygen atoms in total. The van der Waals surface area contributed by atoms with Crippen molar-refractivity contribution in [3.63, 3.8) is 0 Å². The zero-order valence-electron chi connectivity index (χ0n) is 16.5. The molecule has 4 aromatic rings. The Labute approximate surface area is 171 Å². The number of rotatable bonds is 6. The fourth-order valence-electron chi connectivity index (χ4n) is 3.55. The maximum atomic E-state index is 12.9. The molecule has 0 aliphatic carbocycles. The number of carbonyl (C=O) groups is 1. The second-order valence-corrected chi connectivity index (χ2v) is 7.05. The fourth-order valence-corrected chi connectivity index (χ4v) is 3.55. The molecule has 0 aliphatic heterocycles. The lowest BCUT2D eigenvalue weighted by Crippen LogP contribution is -2.13. The van der Waals surface area contributed by atoms with Crippen LogP contribution in [0.4, 0.5) is 11.4 Å². The highest BCUT2D eigenvalue weighted by atomic mass is 16.1. The van der Waals surface area contributed by atoms with Crippen molar-refractivity contribution < 1.29 is 4.79 Å². The van der Waals surface area contributed by atoms with Crippen molar-refractivity contribution in [2.24, 2.45) is 0 Å². The predicted molar refractivity (Wildman–Crippen MR) is 121 cm³/mol. The van der Waals surface area contributed by atoms with Crippen LogP contribution < -0.4 is 10.6 Å². The smallest absolute Gasteiger partial charge is 0.255 e. The lowest BCUT2D eigenvalue weighted by Gasteiger charge is -2.12. The van der Waals surface area contributed by atoms with E-state index in [9.17, 15) is 4.79 Å². The third kappa shape index (κ3) is 4.30. The molecule has 0 aromatic heterocycles. The summed E-state index contributed by atoms with van der Waals surface area (Å²) in [6, 6.07) is 30.1. The van der Waals surface area contributed by atoms with Crippen LogP contribution >= 0.6 is 0 Å². The maximum Gasteiger partial charge on any atom is 0.255 e. The number of anilines is 2. The van der Waals surface area contributed by atoms with Crippen LogP contribution in [0.15, 0.2) is 91.0 Å². The molecular weight excluding hydrogens is 356 g/mol. The predicted octanol–water partition coefficient (Wildman–Crippen LogP) is 6.27. The molecule has 4 aromatic carbocycles. The van der Waals surface area contributed by atoms with E-state index in [1.165, 1.54) is 5.56 Å². The fraction of sp³-hybridized carbons (Fsp3) is 0.115. The highest BCUT2D eigenvalue weighted by Crippen LogP contribution is 2.24. The number of para-hydroxylation sites is 1. The molecule has 29 heavy (non-hydrogen) atoms. The monoisotopic (exact) mass is 380 g/mol. The molecule has 144 valence electrons. The van der Waals surface area contributed by atoms with Crippen LogP contribution in [0, 0.1) is 0 Å². The topological polar surface area (TPSA) is 41.1 Å². The number of carbonyl (C=O) groups excluding carboxylic acids is 1. The Balaban J connectivity index is 1.50. The molecule has 0 radical (unpaired) electrons. The molecule has 4 rings (SSSR count). The van der Waals surface area contributed by atoms with Crippen LogP contribution in [0.3, 0.4) is 0 Å². The first-order chi connectivity index (χ1) is 14.2. The molecule has 0 saturated carbocycles. The SMILES string of the molecule is CCc1ccccc1NCc1cccc(C(=O)Nc2cccc3ccccc23)c1. The minimum atomic E-state index is -0.0999. The third-order valence-corrected chi connectivity index (χ3v) is 5.11. The lowest BCUT2D eigenvalue weighted by atomic mass is 10.1. The number of aryl methyl sites for hydroxylation is 1. The summed E-state index contributed by atoms with van der Waals surface area (Å²) in [6.07, 6.45) is 0.983. The molecule has 0 atom stereocenters. The van der Waals surface area contributed by atoms with Gasteiger partial charge in [-0.05, 0) is 47.2 Å². The van der Waals surface area contributed by atoms with Gasteiger partial charge in [0.1, 0.15) is 0 Å². The number of hydrogen-bond donors (Lipinski definition) is 2. The summed E-state index contributed by atoms with van der Waals surface area (Å²) < 4.78 is 0. The summed E-state index contributed by atoms with van der Waals surface area (Å²) in [5.41, 5.74) is 4.98. The van der Waals surface area contributed by atoms with Gasteiger partial charge < -0.3 is 10.6 Å². The second-order valence-electron chi connectivity index (χ2n) is 7.05. The highest BCUT2D eigenvalue weighted by Gasteiger charge is 2.09. The minimum Gasteiger partial charge on any atom is -0.381 e. The maximum absolute atomic E-state index is 12.9. The zero-order valence-corrected chi connectivity index (χ0v) is 16.5. The van der Waals surface area contributed by atoms with Crippen LogP contribution in [0.1, 0.15) is 28.4 Å². The van der Waals surface area contributed by atoms with E-state index in [1.807, 2.05) is 72.8 Å². The summed E-state index contributed by atoms with van der Waals surface area (Å²) in [7, 11) is 0. The van der Waals surface area contributed by atoms with Crippen molar-refractivity contribution in [3.8, 4) is 0 Å². The van der Waals surface area contributed by atoms with Crippen molar-refractivity contribution in [1.82, 2.24) is 0 Å². The number of benzene rings is 4. The lowest BCUT2D eigenvalue weighted by molar-refractivity contribution is 0.102. The molecule has 0 saturated heterocycles. The Kier molecular flexibility index (Phi) is 5.57. The van der Waals surface area contributed by atoms with E-state index in [0.717, 1.165) is 34.1 Å². The summed E-state index contributed by atoms with van der Waals surface area (Å²) in [5, 5.41) is 8.70. The Morgan fingerprint density at radius 2 is 1.52 bits per heavy atom. The normalized spacial score (nSPS) is 10.7. The van der Waals surface area contributed by atoms with Crippen LogP contribution in [0.2, 0.25) is 0 Å². The molecule has 1 amide bonds. The van der Waals surface area contributed by atoms with E-state index in [2.05, 4.69) is 35.8 Å². The molecular formula is C26H24N2O. The van der Waals surface area contributed by atoms with Crippen molar-refractivity contribution >= 4 is 28.1 Å². The van der Waals surface area contributed by atoms with E-state index < -0.39 is 0 Å². The van der Waals surface area contributed by atoms with Gasteiger partial charge in [0.2, 0.25) is 0 Å². The van der Waals surface area contributed by atoms with E-state index in [4.69, 9.17) is 0 Å². The van der Waals surface area contributed by atoms with E-state index in [0.29, 0.717) is 12.1 Å². The Bertz CT molecular complexity index is 1140. The largest absolute Gasteiger partial charge is 0.381 e. The molecule has 0 heterocycles. The molecule has 2 N–H and O–H groups in total. The summed E-state index contributed by atoms with van der Waals surface area (Å²) in [6.45, 7) is 2.82. The average molecular weight is 380 g/mol. The quantitative estimate of drug-likeness (QED) is 0.414. The molecule has 0 aliphatic rings. The summed E-state index contributed by atoms with van der Waals surface area (Å²) >= 11 is 0. The molecule has 0 fully saturated rings. The first-order valence-corrected chi connectivity index (χ1v) is 9.94. The van der Waals surface area contributed by atoms with E-state index >= 15 is 0 Å². The van der Waals surface area contributed by atoms with Crippen LogP contribution in [-0.4, -0.2) is 5.91 Å². The van der Waals surface area contributed by atoms with Gasteiger partial charge in [-0.25, -0.2) is 0 Å². The van der Waals surface area contributed by atoms with Crippen molar-refractivity contribution in [3.05, 3.63) is 108 Å². The number of hydrogen-bond acceptors (Lipinski definition) is 2. The van der Waals surface area contributed by atoms with Crippen molar-refractivity contribution in [1.29, 1.82) is 0 Å². The Hall–Kier alpha value is -3.59. The first-order valence-electron chi connectivity index (χ1n) is 9.94. The van der Waals surface area contributed by atoms with Crippen LogP contribution in [0.25, 0.3) is 10.8 Å². The van der Waals surface area contributed by atoms with Crippen molar-refractivity contribution in [2.45, 2.75) is 19.9 Å². The van der Waals surface area contributed by atoms with Gasteiger partial charge in [-0.1, -0.05) is 73.7 Å². The number of amides is 1. The zero-order chi connectivity index (χ0) is 20.1. The summed E-state index contributed by atoms with van der Waals surface area (Å²) in [4.78, 5) is 12.9. The van der Waals surface area contributed by atoms with Gasteiger partial charge in [0, 0.05) is 28.9 Å². The first kappa shape index (κ1) is 18.8. The van der Waals surface area contributed by atoms with Gasteiger partial charge in [-0.15, -0.1) is 0 Å². The van der Waals surface area contributed by atoms with Gasteiger partial charge in [-0.3, -0.25) is 4.79 Å². The van der Waals surface area contributed by atoms with Gasteiger partial charge in [0.05, 0.1) is 0 Å². The van der Waals surface area contributed by atoms with Crippen LogP contribution in [0.5, 0.6) is 0 Å². The Morgan fingerprint density at radius 1 is 0.793 bits per heavy atom. The third-order valence-electron chi connectivity index (χ3n) is 5.11. The van der Waals surface area contributed by atoms with E-state index in [1.54, 1.807) is 0 Å². The highest BCUT2D eigenvalue weighted by molar-refractivity contribution is 6.09. The molecule has 0 unspecified atom stereocenters. The van der Waals surface area contributed by atoms with Gasteiger partial charge in [-0.2, -0.15) is 0 Å². The second kappa shape index (κ2) is 8.61. The summed E-state index contributed by atoms with van der Waals surface area (Å²) in [5.74, 6) is -0.0999. The van der Waals surface area contributed by atoms with E-state index in [-0.39, 0.29) is 5.91 Å². The standard InChI is InChI=1S/C26H24N2O/c1-2-20-10-4-6-15-24(20)27-18-19-9-7-13-22(17-19)26(29)28-25-16-8-12-21-11-3-5-14-23(21)25/h3-17,27H,2,18H2,1H3,(H,28,29). The minimum absolute atomic E-state index is 0.0999. The Morgan fingerprint density at radius 3 is 2.41 bits per heavy atom. The molecule has 0 bridgehead atoms. The number of fused-ring (bicyclic) bond motifs is 1. The van der Waals surface area contributed by atoms with Crippen LogP contribution in [-0.2, 0) is 13.0 Å². The van der Waals surface area contributed by atoms with Crippen molar-refractivity contribution in [2.75, 3.05) is 10.6 Å². The van der Waals surface area contributed by atoms with Gasteiger partial charge in [0.25, 0.3) is 5.91 Å². The van der Waals surface area contributed by atoms with Gasteiger partial charge in [0.15, 0.2) is 0 Å².